The highest BCUT2D eigenvalue weighted by molar-refractivity contribution is 9.10. The van der Waals surface area contributed by atoms with Crippen LogP contribution in [0.5, 0.6) is 0 Å². The first kappa shape index (κ1) is 13.5. The van der Waals surface area contributed by atoms with Crippen LogP contribution in [0.2, 0.25) is 0 Å². The molecule has 1 aromatic rings. The van der Waals surface area contributed by atoms with Gasteiger partial charge in [0.15, 0.2) is 0 Å². The van der Waals surface area contributed by atoms with Gasteiger partial charge in [-0.2, -0.15) is 0 Å². The van der Waals surface area contributed by atoms with Crippen LogP contribution in [0.15, 0.2) is 15.9 Å². The minimum Gasteiger partial charge on any atom is -0.371 e. The average Bonchev–Trinajstić information content (AvgIpc) is 2.61. The number of hydrogen-bond donors (Lipinski definition) is 1. The van der Waals surface area contributed by atoms with Gasteiger partial charge in [-0.05, 0) is 41.3 Å². The van der Waals surface area contributed by atoms with Gasteiger partial charge in [0.05, 0.1) is 0 Å². The summed E-state index contributed by atoms with van der Waals surface area (Å²) in [4.78, 5) is 1.22. The van der Waals surface area contributed by atoms with Gasteiger partial charge >= 0.3 is 0 Å². The number of rotatable bonds is 6. The Balaban J connectivity index is 1.84. The summed E-state index contributed by atoms with van der Waals surface area (Å²) in [6.07, 6.45) is 5.41. The van der Waals surface area contributed by atoms with Crippen molar-refractivity contribution < 1.29 is 4.74 Å². The normalized spacial score (nSPS) is 19.9. The third-order valence-corrected chi connectivity index (χ3v) is 5.15. The van der Waals surface area contributed by atoms with E-state index in [1.165, 1.54) is 30.6 Å². The van der Waals surface area contributed by atoms with E-state index in [1.807, 2.05) is 6.92 Å². The Morgan fingerprint density at radius 1 is 1.59 bits per heavy atom. The second-order valence-electron chi connectivity index (χ2n) is 4.90. The van der Waals surface area contributed by atoms with E-state index in [9.17, 15) is 0 Å². The van der Waals surface area contributed by atoms with Crippen molar-refractivity contribution >= 4 is 27.3 Å². The molecule has 0 aromatic carbocycles. The molecule has 1 aliphatic rings. The molecule has 0 amide bonds. The first-order valence-corrected chi connectivity index (χ1v) is 7.95. The molecule has 0 radical (unpaired) electrons. The fourth-order valence-electron chi connectivity index (χ4n) is 2.11. The second kappa shape index (κ2) is 6.32. The zero-order valence-corrected chi connectivity index (χ0v) is 12.6. The van der Waals surface area contributed by atoms with Gasteiger partial charge in [0, 0.05) is 27.4 Å². The number of thiophene rings is 1. The van der Waals surface area contributed by atoms with E-state index in [-0.39, 0.29) is 12.1 Å². The van der Waals surface area contributed by atoms with E-state index in [2.05, 4.69) is 27.4 Å². The Morgan fingerprint density at radius 2 is 2.35 bits per heavy atom. The molecule has 0 bridgehead atoms. The van der Waals surface area contributed by atoms with Crippen LogP contribution >= 0.6 is 27.3 Å². The van der Waals surface area contributed by atoms with Crippen LogP contribution in [0.4, 0.5) is 0 Å². The monoisotopic (exact) mass is 317 g/mol. The Kier molecular flexibility index (Phi) is 5.03. The SMILES string of the molecule is CC(N)C(OCCC1CCC1)c1cc(Br)cs1. The lowest BCUT2D eigenvalue weighted by Crippen LogP contribution is -2.27. The van der Waals surface area contributed by atoms with Crippen LogP contribution in [-0.4, -0.2) is 12.6 Å². The van der Waals surface area contributed by atoms with E-state index >= 15 is 0 Å². The zero-order chi connectivity index (χ0) is 12.3. The van der Waals surface area contributed by atoms with E-state index in [4.69, 9.17) is 10.5 Å². The largest absolute Gasteiger partial charge is 0.371 e. The molecule has 2 N–H and O–H groups in total. The summed E-state index contributed by atoms with van der Waals surface area (Å²) < 4.78 is 7.09. The standard InChI is InChI=1S/C13H20BrNOS/c1-9(15)13(12-7-11(14)8-17-12)16-6-5-10-3-2-4-10/h7-10,13H,2-6,15H2,1H3. The lowest BCUT2D eigenvalue weighted by Gasteiger charge is -2.27. The van der Waals surface area contributed by atoms with Gasteiger partial charge in [0.25, 0.3) is 0 Å². The van der Waals surface area contributed by atoms with Crippen LogP contribution in [0.25, 0.3) is 0 Å². The predicted octanol–water partition coefficient (Wildman–Crippen LogP) is 4.11. The summed E-state index contributed by atoms with van der Waals surface area (Å²) >= 11 is 5.19. The molecule has 1 aromatic heterocycles. The fraction of sp³-hybridized carbons (Fsp3) is 0.692. The third-order valence-electron chi connectivity index (χ3n) is 3.39. The van der Waals surface area contributed by atoms with E-state index < -0.39 is 0 Å². The minimum atomic E-state index is 0.0435. The van der Waals surface area contributed by atoms with Crippen molar-refractivity contribution in [1.82, 2.24) is 0 Å². The van der Waals surface area contributed by atoms with Crippen molar-refractivity contribution in [1.29, 1.82) is 0 Å². The quantitative estimate of drug-likeness (QED) is 0.857. The summed E-state index contributed by atoms with van der Waals surface area (Å²) in [6.45, 7) is 2.86. The summed E-state index contributed by atoms with van der Waals surface area (Å²) in [5.41, 5.74) is 6.01. The van der Waals surface area contributed by atoms with Crippen molar-refractivity contribution in [2.45, 2.75) is 44.8 Å². The van der Waals surface area contributed by atoms with Crippen LogP contribution in [0.3, 0.4) is 0 Å². The number of hydrogen-bond acceptors (Lipinski definition) is 3. The molecule has 2 atom stereocenters. The number of nitrogens with two attached hydrogens (primary N) is 1. The molecule has 2 unspecified atom stereocenters. The number of halogens is 1. The van der Waals surface area contributed by atoms with Gasteiger partial charge in [-0.3, -0.25) is 0 Å². The molecular formula is C13H20BrNOS. The van der Waals surface area contributed by atoms with Gasteiger partial charge < -0.3 is 10.5 Å². The topological polar surface area (TPSA) is 35.2 Å². The number of ether oxygens (including phenoxy) is 1. The Labute approximate surface area is 116 Å². The van der Waals surface area contributed by atoms with E-state index in [0.29, 0.717) is 0 Å². The molecular weight excluding hydrogens is 298 g/mol. The van der Waals surface area contributed by atoms with Crippen molar-refractivity contribution in [2.24, 2.45) is 11.7 Å². The molecule has 1 saturated carbocycles. The molecule has 1 fully saturated rings. The molecule has 1 aliphatic carbocycles. The Morgan fingerprint density at radius 3 is 2.82 bits per heavy atom. The molecule has 0 spiro atoms. The maximum atomic E-state index is 6.01. The van der Waals surface area contributed by atoms with Gasteiger partial charge in [-0.25, -0.2) is 0 Å². The van der Waals surface area contributed by atoms with Gasteiger partial charge in [-0.1, -0.05) is 19.3 Å². The molecule has 2 nitrogen and oxygen atoms in total. The molecule has 4 heteroatoms. The highest BCUT2D eigenvalue weighted by Gasteiger charge is 2.21. The summed E-state index contributed by atoms with van der Waals surface area (Å²) in [5, 5.41) is 2.08. The van der Waals surface area contributed by atoms with E-state index in [1.54, 1.807) is 11.3 Å². The Hall–Kier alpha value is 0.1000. The molecule has 2 rings (SSSR count). The third kappa shape index (κ3) is 3.78. The smallest absolute Gasteiger partial charge is 0.106 e. The maximum Gasteiger partial charge on any atom is 0.106 e. The van der Waals surface area contributed by atoms with Gasteiger partial charge in [0.1, 0.15) is 6.10 Å². The van der Waals surface area contributed by atoms with E-state index in [0.717, 1.165) is 17.0 Å². The highest BCUT2D eigenvalue weighted by atomic mass is 79.9. The van der Waals surface area contributed by atoms with Crippen LogP contribution in [0, 0.1) is 5.92 Å². The van der Waals surface area contributed by atoms with Crippen molar-refractivity contribution in [3.63, 3.8) is 0 Å². The van der Waals surface area contributed by atoms with Crippen molar-refractivity contribution in [3.05, 3.63) is 20.8 Å². The Bertz CT molecular complexity index is 349. The van der Waals surface area contributed by atoms with Crippen molar-refractivity contribution in [2.75, 3.05) is 6.61 Å². The van der Waals surface area contributed by atoms with Gasteiger partial charge in [0.2, 0.25) is 0 Å². The summed E-state index contributed by atoms with van der Waals surface area (Å²) in [6, 6.07) is 2.16. The predicted molar refractivity (Wildman–Crippen MR) is 76.3 cm³/mol. The molecule has 96 valence electrons. The first-order valence-electron chi connectivity index (χ1n) is 6.28. The van der Waals surface area contributed by atoms with Crippen LogP contribution in [0.1, 0.15) is 43.6 Å². The van der Waals surface area contributed by atoms with Crippen LogP contribution < -0.4 is 5.73 Å². The summed E-state index contributed by atoms with van der Waals surface area (Å²) in [7, 11) is 0. The van der Waals surface area contributed by atoms with Crippen molar-refractivity contribution in [3.8, 4) is 0 Å². The summed E-state index contributed by atoms with van der Waals surface area (Å²) in [5.74, 6) is 0.902. The van der Waals surface area contributed by atoms with Crippen LogP contribution in [-0.2, 0) is 4.74 Å². The molecule has 0 aliphatic heterocycles. The van der Waals surface area contributed by atoms with Gasteiger partial charge in [-0.15, -0.1) is 11.3 Å². The second-order valence-corrected chi connectivity index (χ2v) is 6.76. The lowest BCUT2D eigenvalue weighted by molar-refractivity contribution is 0.0267. The maximum absolute atomic E-state index is 6.01. The molecule has 1 heterocycles. The lowest BCUT2D eigenvalue weighted by atomic mass is 9.83. The highest BCUT2D eigenvalue weighted by Crippen LogP contribution is 2.32. The molecule has 0 saturated heterocycles. The minimum absolute atomic E-state index is 0.0435. The zero-order valence-electron chi connectivity index (χ0n) is 10.2. The molecule has 17 heavy (non-hydrogen) atoms. The first-order chi connectivity index (χ1) is 8.16. The fourth-order valence-corrected chi connectivity index (χ4v) is 3.72. The average molecular weight is 318 g/mol.